The molecule has 0 aromatic heterocycles. The largest absolute Gasteiger partial charge is 0.494 e. The monoisotopic (exact) mass is 443 g/mol. The first-order valence-corrected chi connectivity index (χ1v) is 12.3. The molecule has 2 aliphatic heterocycles. The van der Waals surface area contributed by atoms with E-state index in [2.05, 4.69) is 0 Å². The minimum atomic E-state index is -3.54. The summed E-state index contributed by atoms with van der Waals surface area (Å²) in [6.45, 7) is 5.28. The molecule has 0 bridgehead atoms. The number of carbonyl (C=O) groups excluding carboxylic acids is 1. The van der Waals surface area contributed by atoms with Crippen LogP contribution < -0.4 is 4.74 Å². The minimum absolute atomic E-state index is 0.0525. The molecule has 166 valence electrons. The van der Waals surface area contributed by atoms with Gasteiger partial charge in [0.15, 0.2) is 0 Å². The Morgan fingerprint density at radius 2 is 1.61 bits per heavy atom. The van der Waals surface area contributed by atoms with Gasteiger partial charge < -0.3 is 14.5 Å². The molecule has 0 radical (unpaired) electrons. The zero-order chi connectivity index (χ0) is 21.8. The molecule has 2 fully saturated rings. The van der Waals surface area contributed by atoms with E-state index in [1.54, 1.807) is 24.3 Å². The molecule has 0 unspecified atom stereocenters. The summed E-state index contributed by atoms with van der Waals surface area (Å²) in [7, 11) is -3.54. The lowest BCUT2D eigenvalue weighted by atomic mass is 10.1. The molecule has 0 spiro atoms. The first-order chi connectivity index (χ1) is 15.0. The van der Waals surface area contributed by atoms with E-state index >= 15 is 0 Å². The van der Waals surface area contributed by atoms with Crippen molar-refractivity contribution in [3.8, 4) is 5.75 Å². The highest BCUT2D eigenvalue weighted by molar-refractivity contribution is 7.89. The van der Waals surface area contributed by atoms with Gasteiger partial charge in [0.1, 0.15) is 5.75 Å². The molecule has 2 aromatic carbocycles. The van der Waals surface area contributed by atoms with Crippen LogP contribution in [0.2, 0.25) is 0 Å². The van der Waals surface area contributed by atoms with E-state index in [0.29, 0.717) is 57.9 Å². The fourth-order valence-electron chi connectivity index (χ4n) is 4.31. The second-order valence-corrected chi connectivity index (χ2v) is 9.86. The SMILES string of the molecule is CCOc1ccc(S(=O)(=O)N2CCC(N3CCN(Cc4ccccc4)C3=O)CC2)cc1. The van der Waals surface area contributed by atoms with Crippen molar-refractivity contribution in [3.63, 3.8) is 0 Å². The van der Waals surface area contributed by atoms with Gasteiger partial charge in [-0.3, -0.25) is 0 Å². The van der Waals surface area contributed by atoms with Crippen LogP contribution in [-0.2, 0) is 16.6 Å². The third-order valence-corrected chi connectivity index (χ3v) is 7.89. The average Bonchev–Trinajstić information content (AvgIpc) is 3.15. The average molecular weight is 444 g/mol. The molecule has 2 amide bonds. The lowest BCUT2D eigenvalue weighted by Gasteiger charge is -2.35. The van der Waals surface area contributed by atoms with Crippen LogP contribution in [0, 0.1) is 0 Å². The number of urea groups is 1. The summed E-state index contributed by atoms with van der Waals surface area (Å²) in [6, 6.07) is 16.7. The van der Waals surface area contributed by atoms with E-state index in [0.717, 1.165) is 5.56 Å². The molecule has 2 aromatic rings. The molecule has 2 heterocycles. The fraction of sp³-hybridized carbons (Fsp3) is 0.435. The maximum Gasteiger partial charge on any atom is 0.320 e. The molecule has 4 rings (SSSR count). The Bertz CT molecular complexity index is 987. The van der Waals surface area contributed by atoms with Crippen LogP contribution in [0.25, 0.3) is 0 Å². The Morgan fingerprint density at radius 1 is 0.935 bits per heavy atom. The highest BCUT2D eigenvalue weighted by Crippen LogP contribution is 2.27. The maximum absolute atomic E-state index is 13.0. The van der Waals surface area contributed by atoms with Gasteiger partial charge in [-0.15, -0.1) is 0 Å². The molecule has 0 N–H and O–H groups in total. The van der Waals surface area contributed by atoms with Crippen molar-refractivity contribution in [2.45, 2.75) is 37.2 Å². The number of hydrogen-bond donors (Lipinski definition) is 0. The summed E-state index contributed by atoms with van der Waals surface area (Å²) in [5.74, 6) is 0.660. The van der Waals surface area contributed by atoms with Crippen molar-refractivity contribution in [3.05, 3.63) is 60.2 Å². The van der Waals surface area contributed by atoms with Gasteiger partial charge in [0.05, 0.1) is 11.5 Å². The Hall–Kier alpha value is -2.58. The molecule has 7 nitrogen and oxygen atoms in total. The van der Waals surface area contributed by atoms with Gasteiger partial charge in [-0.1, -0.05) is 30.3 Å². The van der Waals surface area contributed by atoms with Crippen molar-refractivity contribution in [1.82, 2.24) is 14.1 Å². The van der Waals surface area contributed by atoms with Gasteiger partial charge in [-0.05, 0) is 49.6 Å². The summed E-state index contributed by atoms with van der Waals surface area (Å²) >= 11 is 0. The predicted octanol–water partition coefficient (Wildman–Crippen LogP) is 3.18. The fourth-order valence-corrected chi connectivity index (χ4v) is 5.78. The summed E-state index contributed by atoms with van der Waals surface area (Å²) < 4.78 is 32.9. The highest BCUT2D eigenvalue weighted by Gasteiger charge is 2.37. The Labute approximate surface area is 184 Å². The van der Waals surface area contributed by atoms with Gasteiger partial charge in [-0.2, -0.15) is 4.31 Å². The minimum Gasteiger partial charge on any atom is -0.494 e. The summed E-state index contributed by atoms with van der Waals surface area (Å²) in [5.41, 5.74) is 1.12. The quantitative estimate of drug-likeness (QED) is 0.659. The van der Waals surface area contributed by atoms with Crippen molar-refractivity contribution in [2.75, 3.05) is 32.8 Å². The first-order valence-electron chi connectivity index (χ1n) is 10.8. The lowest BCUT2D eigenvalue weighted by molar-refractivity contribution is 0.153. The van der Waals surface area contributed by atoms with E-state index in [-0.39, 0.29) is 17.0 Å². The number of nitrogens with zero attached hydrogens (tertiary/aromatic N) is 3. The first kappa shape index (κ1) is 21.6. The third kappa shape index (κ3) is 4.70. The van der Waals surface area contributed by atoms with Gasteiger partial charge in [0, 0.05) is 38.8 Å². The molecular formula is C23H29N3O4S. The highest BCUT2D eigenvalue weighted by atomic mass is 32.2. The Kier molecular flexibility index (Phi) is 6.48. The Balaban J connectivity index is 1.34. The molecule has 8 heteroatoms. The van der Waals surface area contributed by atoms with E-state index in [1.165, 1.54) is 4.31 Å². The molecule has 0 atom stereocenters. The van der Waals surface area contributed by atoms with Crippen LogP contribution in [0.15, 0.2) is 59.5 Å². The van der Waals surface area contributed by atoms with Gasteiger partial charge in [0.25, 0.3) is 0 Å². The van der Waals surface area contributed by atoms with Crippen LogP contribution >= 0.6 is 0 Å². The number of hydrogen-bond acceptors (Lipinski definition) is 4. The molecule has 2 saturated heterocycles. The van der Waals surface area contributed by atoms with E-state index < -0.39 is 10.0 Å². The van der Waals surface area contributed by atoms with Gasteiger partial charge >= 0.3 is 6.03 Å². The van der Waals surface area contributed by atoms with Crippen molar-refractivity contribution < 1.29 is 17.9 Å². The lowest BCUT2D eigenvalue weighted by Crippen LogP contribution is -2.47. The van der Waals surface area contributed by atoms with Crippen LogP contribution in [-0.4, -0.2) is 67.4 Å². The number of rotatable bonds is 7. The second-order valence-electron chi connectivity index (χ2n) is 7.92. The van der Waals surface area contributed by atoms with E-state index in [4.69, 9.17) is 4.74 Å². The second kappa shape index (κ2) is 9.28. The van der Waals surface area contributed by atoms with Crippen molar-refractivity contribution in [1.29, 1.82) is 0 Å². The number of piperidine rings is 1. The number of sulfonamides is 1. The van der Waals surface area contributed by atoms with Gasteiger partial charge in [0.2, 0.25) is 10.0 Å². The third-order valence-electron chi connectivity index (χ3n) is 5.98. The maximum atomic E-state index is 13.0. The smallest absolute Gasteiger partial charge is 0.320 e. The zero-order valence-corrected chi connectivity index (χ0v) is 18.6. The normalized spacial score (nSPS) is 18.5. The summed E-state index contributed by atoms with van der Waals surface area (Å²) in [6.07, 6.45) is 1.31. The van der Waals surface area contributed by atoms with Crippen LogP contribution in [0.5, 0.6) is 5.75 Å². The van der Waals surface area contributed by atoms with Crippen molar-refractivity contribution >= 4 is 16.1 Å². The van der Waals surface area contributed by atoms with E-state index in [9.17, 15) is 13.2 Å². The van der Waals surface area contributed by atoms with Gasteiger partial charge in [-0.25, -0.2) is 13.2 Å². The topological polar surface area (TPSA) is 70.2 Å². The zero-order valence-electron chi connectivity index (χ0n) is 17.8. The summed E-state index contributed by atoms with van der Waals surface area (Å²) in [4.78, 5) is 17.0. The molecule has 0 aliphatic carbocycles. The van der Waals surface area contributed by atoms with Crippen LogP contribution in [0.1, 0.15) is 25.3 Å². The van der Waals surface area contributed by atoms with E-state index in [1.807, 2.05) is 47.1 Å². The molecule has 31 heavy (non-hydrogen) atoms. The van der Waals surface area contributed by atoms with Crippen LogP contribution in [0.3, 0.4) is 0 Å². The van der Waals surface area contributed by atoms with Crippen molar-refractivity contribution in [2.24, 2.45) is 0 Å². The number of amides is 2. The predicted molar refractivity (Wildman–Crippen MR) is 118 cm³/mol. The number of ether oxygens (including phenoxy) is 1. The number of carbonyl (C=O) groups is 1. The molecule has 0 saturated carbocycles. The Morgan fingerprint density at radius 3 is 2.26 bits per heavy atom. The molecular weight excluding hydrogens is 414 g/mol. The van der Waals surface area contributed by atoms with Crippen LogP contribution in [0.4, 0.5) is 4.79 Å². The standard InChI is InChI=1S/C23H29N3O4S/c1-2-30-21-8-10-22(11-9-21)31(28,29)25-14-12-20(13-15-25)26-17-16-24(23(26)27)18-19-6-4-3-5-7-19/h3-11,20H,2,12-18H2,1H3. The molecule has 2 aliphatic rings. The summed E-state index contributed by atoms with van der Waals surface area (Å²) in [5, 5.41) is 0. The number of benzene rings is 2.